The van der Waals surface area contributed by atoms with E-state index >= 15 is 0 Å². The summed E-state index contributed by atoms with van der Waals surface area (Å²) in [5.74, 6) is 0. The number of hydrogen-bond donors (Lipinski definition) is 1. The van der Waals surface area contributed by atoms with Gasteiger partial charge in [0.25, 0.3) is 0 Å². The SMILES string of the molecule is CNCC(COC)N(C)Cc1cccc(Cl)c1. The molecular weight excluding hydrogens is 236 g/mol. The Morgan fingerprint density at radius 3 is 2.82 bits per heavy atom. The van der Waals surface area contributed by atoms with Crippen LogP contribution >= 0.6 is 11.6 Å². The molecule has 4 heteroatoms. The van der Waals surface area contributed by atoms with Gasteiger partial charge in [0.05, 0.1) is 6.61 Å². The molecule has 1 unspecified atom stereocenters. The van der Waals surface area contributed by atoms with E-state index in [9.17, 15) is 0 Å². The summed E-state index contributed by atoms with van der Waals surface area (Å²) >= 11 is 5.97. The minimum absolute atomic E-state index is 0.365. The van der Waals surface area contributed by atoms with Crippen molar-refractivity contribution in [3.05, 3.63) is 34.9 Å². The molecule has 1 N–H and O–H groups in total. The highest BCUT2D eigenvalue weighted by Crippen LogP contribution is 2.13. The summed E-state index contributed by atoms with van der Waals surface area (Å²) in [6.07, 6.45) is 0. The van der Waals surface area contributed by atoms with E-state index in [0.29, 0.717) is 6.04 Å². The van der Waals surface area contributed by atoms with E-state index in [-0.39, 0.29) is 0 Å². The Hall–Kier alpha value is -0.610. The maximum Gasteiger partial charge on any atom is 0.0630 e. The molecular formula is C13H21ClN2O. The van der Waals surface area contributed by atoms with E-state index in [2.05, 4.69) is 23.3 Å². The lowest BCUT2D eigenvalue weighted by molar-refractivity contribution is 0.102. The predicted octanol–water partition coefficient (Wildman–Crippen LogP) is 2.01. The van der Waals surface area contributed by atoms with Crippen molar-refractivity contribution in [1.29, 1.82) is 0 Å². The average Bonchev–Trinajstić information content (AvgIpc) is 2.28. The van der Waals surface area contributed by atoms with Crippen LogP contribution in [0.1, 0.15) is 5.56 Å². The normalized spacial score (nSPS) is 13.0. The molecule has 0 aliphatic heterocycles. The number of methoxy groups -OCH3 is 1. The second-order valence-electron chi connectivity index (χ2n) is 4.21. The molecule has 0 saturated heterocycles. The largest absolute Gasteiger partial charge is 0.383 e. The molecule has 1 aromatic carbocycles. The molecule has 0 aliphatic carbocycles. The number of halogens is 1. The van der Waals surface area contributed by atoms with Gasteiger partial charge in [-0.15, -0.1) is 0 Å². The Kier molecular flexibility index (Phi) is 6.52. The van der Waals surface area contributed by atoms with Crippen LogP contribution in [0.3, 0.4) is 0 Å². The summed E-state index contributed by atoms with van der Waals surface area (Å²) < 4.78 is 5.23. The Morgan fingerprint density at radius 1 is 1.47 bits per heavy atom. The fourth-order valence-electron chi connectivity index (χ4n) is 1.82. The number of rotatable bonds is 7. The summed E-state index contributed by atoms with van der Waals surface area (Å²) in [6.45, 7) is 2.50. The molecule has 0 saturated carbocycles. The van der Waals surface area contributed by atoms with E-state index in [1.807, 2.05) is 25.2 Å². The monoisotopic (exact) mass is 256 g/mol. The molecule has 0 fully saturated rings. The lowest BCUT2D eigenvalue weighted by Gasteiger charge is -2.27. The number of hydrogen-bond acceptors (Lipinski definition) is 3. The first kappa shape index (κ1) is 14.5. The summed E-state index contributed by atoms with van der Waals surface area (Å²) in [5.41, 5.74) is 1.22. The van der Waals surface area contributed by atoms with Crippen LogP contribution in [0, 0.1) is 0 Å². The van der Waals surface area contributed by atoms with Gasteiger partial charge in [-0.3, -0.25) is 4.90 Å². The second kappa shape index (κ2) is 7.67. The molecule has 0 bridgehead atoms. The molecule has 0 aliphatic rings. The fourth-order valence-corrected chi connectivity index (χ4v) is 2.04. The van der Waals surface area contributed by atoms with Crippen molar-refractivity contribution in [1.82, 2.24) is 10.2 Å². The van der Waals surface area contributed by atoms with E-state index < -0.39 is 0 Å². The van der Waals surface area contributed by atoms with Gasteiger partial charge < -0.3 is 10.1 Å². The lowest BCUT2D eigenvalue weighted by Crippen LogP contribution is -2.41. The van der Waals surface area contributed by atoms with Crippen LogP contribution in [-0.4, -0.2) is 45.3 Å². The summed E-state index contributed by atoms with van der Waals surface area (Å²) in [6, 6.07) is 8.33. The van der Waals surface area contributed by atoms with Crippen LogP contribution < -0.4 is 5.32 Å². The second-order valence-corrected chi connectivity index (χ2v) is 4.65. The zero-order valence-electron chi connectivity index (χ0n) is 10.7. The quantitative estimate of drug-likeness (QED) is 0.808. The van der Waals surface area contributed by atoms with Crippen LogP contribution in [0.25, 0.3) is 0 Å². The number of nitrogens with one attached hydrogen (secondary N) is 1. The van der Waals surface area contributed by atoms with E-state index in [1.165, 1.54) is 5.56 Å². The van der Waals surface area contributed by atoms with E-state index in [1.54, 1.807) is 7.11 Å². The third-order valence-electron chi connectivity index (χ3n) is 2.74. The van der Waals surface area contributed by atoms with E-state index in [0.717, 1.165) is 24.7 Å². The highest BCUT2D eigenvalue weighted by Gasteiger charge is 2.13. The van der Waals surface area contributed by atoms with Crippen LogP contribution in [0.5, 0.6) is 0 Å². The number of nitrogens with zero attached hydrogens (tertiary/aromatic N) is 1. The van der Waals surface area contributed by atoms with Gasteiger partial charge in [-0.05, 0) is 31.8 Å². The van der Waals surface area contributed by atoms with Crippen LogP contribution in [0.2, 0.25) is 5.02 Å². The van der Waals surface area contributed by atoms with Crippen molar-refractivity contribution in [2.75, 3.05) is 34.4 Å². The Labute approximate surface area is 109 Å². The molecule has 0 spiro atoms. The molecule has 96 valence electrons. The standard InChI is InChI=1S/C13H21ClN2O/c1-15-8-13(10-17-3)16(2)9-11-5-4-6-12(14)7-11/h4-7,13,15H,8-10H2,1-3H3. The smallest absolute Gasteiger partial charge is 0.0630 e. The lowest BCUT2D eigenvalue weighted by atomic mass is 10.2. The van der Waals surface area contributed by atoms with Crippen molar-refractivity contribution in [3.63, 3.8) is 0 Å². The maximum atomic E-state index is 5.97. The Bertz CT molecular complexity index is 327. The van der Waals surface area contributed by atoms with Gasteiger partial charge in [0, 0.05) is 31.3 Å². The van der Waals surface area contributed by atoms with Crippen molar-refractivity contribution in [2.24, 2.45) is 0 Å². The highest BCUT2D eigenvalue weighted by molar-refractivity contribution is 6.30. The first-order chi connectivity index (χ1) is 8.17. The third kappa shape index (κ3) is 5.04. The van der Waals surface area contributed by atoms with Crippen molar-refractivity contribution in [3.8, 4) is 0 Å². The summed E-state index contributed by atoms with van der Waals surface area (Å²) in [7, 11) is 5.79. The summed E-state index contributed by atoms with van der Waals surface area (Å²) in [4.78, 5) is 2.27. The first-order valence-electron chi connectivity index (χ1n) is 5.75. The van der Waals surface area contributed by atoms with E-state index in [4.69, 9.17) is 16.3 Å². The number of likely N-dealkylation sites (N-methyl/N-ethyl adjacent to an activating group) is 2. The molecule has 17 heavy (non-hydrogen) atoms. The van der Waals surface area contributed by atoms with Crippen LogP contribution in [0.4, 0.5) is 0 Å². The topological polar surface area (TPSA) is 24.5 Å². The van der Waals surface area contributed by atoms with Crippen molar-refractivity contribution < 1.29 is 4.74 Å². The average molecular weight is 257 g/mol. The Balaban J connectivity index is 2.59. The minimum Gasteiger partial charge on any atom is -0.383 e. The van der Waals surface area contributed by atoms with Gasteiger partial charge >= 0.3 is 0 Å². The molecule has 0 amide bonds. The highest BCUT2D eigenvalue weighted by atomic mass is 35.5. The first-order valence-corrected chi connectivity index (χ1v) is 6.13. The molecule has 0 heterocycles. The van der Waals surface area contributed by atoms with Crippen LogP contribution in [0.15, 0.2) is 24.3 Å². The molecule has 0 radical (unpaired) electrons. The zero-order chi connectivity index (χ0) is 12.7. The maximum absolute atomic E-state index is 5.97. The van der Waals surface area contributed by atoms with Crippen molar-refractivity contribution >= 4 is 11.6 Å². The molecule has 0 aromatic heterocycles. The van der Waals surface area contributed by atoms with Crippen LogP contribution in [-0.2, 0) is 11.3 Å². The van der Waals surface area contributed by atoms with Gasteiger partial charge in [0.1, 0.15) is 0 Å². The van der Waals surface area contributed by atoms with Crippen molar-refractivity contribution in [2.45, 2.75) is 12.6 Å². The van der Waals surface area contributed by atoms with Gasteiger partial charge in [0.15, 0.2) is 0 Å². The number of ether oxygens (including phenoxy) is 1. The zero-order valence-corrected chi connectivity index (χ0v) is 11.5. The molecule has 1 aromatic rings. The van der Waals surface area contributed by atoms with Gasteiger partial charge in [-0.2, -0.15) is 0 Å². The van der Waals surface area contributed by atoms with Gasteiger partial charge in [-0.1, -0.05) is 23.7 Å². The molecule has 1 atom stereocenters. The van der Waals surface area contributed by atoms with Gasteiger partial charge in [-0.25, -0.2) is 0 Å². The molecule has 1 rings (SSSR count). The third-order valence-corrected chi connectivity index (χ3v) is 2.98. The minimum atomic E-state index is 0.365. The Morgan fingerprint density at radius 2 is 2.24 bits per heavy atom. The molecule has 3 nitrogen and oxygen atoms in total. The fraction of sp³-hybridized carbons (Fsp3) is 0.538. The number of benzene rings is 1. The van der Waals surface area contributed by atoms with Gasteiger partial charge in [0.2, 0.25) is 0 Å². The summed E-state index contributed by atoms with van der Waals surface area (Å²) in [5, 5.41) is 3.97. The predicted molar refractivity (Wildman–Crippen MR) is 72.5 cm³/mol.